The standard InChI is InChI=1S/C36H36O6/c1-24(2)35(38)41-17-14-31-22-33(40-19-16-37)23-32(15-18-42-36(39)25(3)4)34(31)30-13-12-28-20-27(10-11-29(28)21-30)26-8-6-5-7-9-26/h5-13,20-23,37H,1,3,14-19H2,2,4H3. The van der Waals surface area contributed by atoms with Crippen LogP contribution in [-0.4, -0.2) is 43.5 Å². The molecular formula is C36H36O6. The van der Waals surface area contributed by atoms with Crippen molar-refractivity contribution < 1.29 is 28.9 Å². The molecule has 216 valence electrons. The molecule has 0 atom stereocenters. The van der Waals surface area contributed by atoms with Crippen LogP contribution in [0.15, 0.2) is 103 Å². The fourth-order valence-corrected chi connectivity index (χ4v) is 4.71. The number of carbonyl (C=O) groups excluding carboxylic acids is 2. The lowest BCUT2D eigenvalue weighted by atomic mass is 9.89. The van der Waals surface area contributed by atoms with Crippen LogP contribution in [0.4, 0.5) is 0 Å². The molecule has 0 heterocycles. The molecule has 4 aromatic rings. The first kappa shape index (κ1) is 30.3. The number of aliphatic hydroxyl groups excluding tert-OH is 1. The van der Waals surface area contributed by atoms with Crippen molar-refractivity contribution in [2.45, 2.75) is 26.7 Å². The number of hydrogen-bond donors (Lipinski definition) is 1. The molecule has 4 rings (SSSR count). The average molecular weight is 565 g/mol. The Labute approximate surface area is 246 Å². The molecule has 6 heteroatoms. The van der Waals surface area contributed by atoms with E-state index in [1.807, 2.05) is 30.3 Å². The molecule has 4 aromatic carbocycles. The summed E-state index contributed by atoms with van der Waals surface area (Å²) in [5, 5.41) is 11.5. The zero-order valence-electron chi connectivity index (χ0n) is 24.2. The molecule has 0 bridgehead atoms. The molecule has 0 spiro atoms. The highest BCUT2D eigenvalue weighted by molar-refractivity contribution is 5.92. The minimum Gasteiger partial charge on any atom is -0.491 e. The van der Waals surface area contributed by atoms with Crippen molar-refractivity contribution in [3.8, 4) is 28.0 Å². The van der Waals surface area contributed by atoms with Crippen molar-refractivity contribution in [2.75, 3.05) is 26.4 Å². The maximum Gasteiger partial charge on any atom is 0.333 e. The quantitative estimate of drug-likeness (QED) is 0.141. The van der Waals surface area contributed by atoms with Gasteiger partial charge in [-0.25, -0.2) is 9.59 Å². The first-order valence-corrected chi connectivity index (χ1v) is 13.9. The van der Waals surface area contributed by atoms with Gasteiger partial charge in [-0.05, 0) is 82.3 Å². The first-order chi connectivity index (χ1) is 20.3. The van der Waals surface area contributed by atoms with Gasteiger partial charge >= 0.3 is 11.9 Å². The van der Waals surface area contributed by atoms with Gasteiger partial charge in [0.2, 0.25) is 0 Å². The Kier molecular flexibility index (Phi) is 10.3. The zero-order valence-corrected chi connectivity index (χ0v) is 24.2. The summed E-state index contributed by atoms with van der Waals surface area (Å²) in [6, 6.07) is 26.8. The molecule has 0 amide bonds. The molecule has 0 saturated carbocycles. The smallest absolute Gasteiger partial charge is 0.333 e. The lowest BCUT2D eigenvalue weighted by Gasteiger charge is -2.19. The molecule has 0 saturated heterocycles. The normalized spacial score (nSPS) is 10.7. The molecule has 0 aliphatic rings. The van der Waals surface area contributed by atoms with Crippen LogP contribution in [0.1, 0.15) is 25.0 Å². The fourth-order valence-electron chi connectivity index (χ4n) is 4.71. The topological polar surface area (TPSA) is 82.1 Å². The molecular weight excluding hydrogens is 528 g/mol. The van der Waals surface area contributed by atoms with Crippen molar-refractivity contribution in [2.24, 2.45) is 0 Å². The second kappa shape index (κ2) is 14.3. The summed E-state index contributed by atoms with van der Waals surface area (Å²) in [4.78, 5) is 24.1. The predicted molar refractivity (Wildman–Crippen MR) is 166 cm³/mol. The van der Waals surface area contributed by atoms with Crippen LogP contribution in [0.2, 0.25) is 0 Å². The van der Waals surface area contributed by atoms with Gasteiger partial charge in [0, 0.05) is 24.0 Å². The number of benzene rings is 4. The maximum atomic E-state index is 12.1. The van der Waals surface area contributed by atoms with Crippen LogP contribution >= 0.6 is 0 Å². The number of rotatable bonds is 13. The zero-order chi connectivity index (χ0) is 30.1. The minimum absolute atomic E-state index is 0.130. The van der Waals surface area contributed by atoms with Gasteiger partial charge in [0.1, 0.15) is 12.4 Å². The summed E-state index contributed by atoms with van der Waals surface area (Å²) < 4.78 is 16.6. The van der Waals surface area contributed by atoms with E-state index in [1.54, 1.807) is 13.8 Å². The van der Waals surface area contributed by atoms with Gasteiger partial charge in [0.15, 0.2) is 0 Å². The van der Waals surface area contributed by atoms with E-state index < -0.39 is 11.9 Å². The highest BCUT2D eigenvalue weighted by Crippen LogP contribution is 2.35. The molecule has 0 aliphatic heterocycles. The number of hydrogen-bond acceptors (Lipinski definition) is 6. The molecule has 42 heavy (non-hydrogen) atoms. The SMILES string of the molecule is C=C(C)C(=O)OCCc1cc(OCCO)cc(CCOC(=O)C(=C)C)c1-c1ccc2cc(-c3ccccc3)ccc2c1. The van der Waals surface area contributed by atoms with E-state index in [0.29, 0.717) is 29.7 Å². The van der Waals surface area contributed by atoms with Gasteiger partial charge in [-0.15, -0.1) is 0 Å². The number of fused-ring (bicyclic) bond motifs is 1. The van der Waals surface area contributed by atoms with Gasteiger partial charge in [-0.1, -0.05) is 67.8 Å². The van der Waals surface area contributed by atoms with E-state index in [2.05, 4.69) is 61.7 Å². The van der Waals surface area contributed by atoms with Gasteiger partial charge in [-0.2, -0.15) is 0 Å². The third-order valence-electron chi connectivity index (χ3n) is 6.78. The van der Waals surface area contributed by atoms with Crippen molar-refractivity contribution in [3.05, 3.63) is 114 Å². The average Bonchev–Trinajstić information content (AvgIpc) is 2.99. The Morgan fingerprint density at radius 2 is 1.19 bits per heavy atom. The Hall–Kier alpha value is -4.68. The number of aliphatic hydroxyl groups is 1. The Morgan fingerprint density at radius 1 is 0.667 bits per heavy atom. The highest BCUT2D eigenvalue weighted by Gasteiger charge is 2.17. The van der Waals surface area contributed by atoms with Crippen LogP contribution in [0.25, 0.3) is 33.0 Å². The molecule has 0 aromatic heterocycles. The minimum atomic E-state index is -0.448. The lowest BCUT2D eigenvalue weighted by molar-refractivity contribution is -0.139. The van der Waals surface area contributed by atoms with Crippen LogP contribution in [0.3, 0.4) is 0 Å². The molecule has 1 N–H and O–H groups in total. The third kappa shape index (κ3) is 7.74. The van der Waals surface area contributed by atoms with Gasteiger partial charge in [0.25, 0.3) is 0 Å². The summed E-state index contributed by atoms with van der Waals surface area (Å²) in [7, 11) is 0. The summed E-state index contributed by atoms with van der Waals surface area (Å²) in [5.41, 5.74) is 6.70. The van der Waals surface area contributed by atoms with Crippen LogP contribution in [0, 0.1) is 0 Å². The second-order valence-electron chi connectivity index (χ2n) is 10.2. The summed E-state index contributed by atoms with van der Waals surface area (Å²) in [6.45, 7) is 10.8. The number of carbonyl (C=O) groups is 2. The van der Waals surface area contributed by atoms with Crippen molar-refractivity contribution in [3.63, 3.8) is 0 Å². The Bertz CT molecular complexity index is 1550. The van der Waals surface area contributed by atoms with Crippen molar-refractivity contribution >= 4 is 22.7 Å². The third-order valence-corrected chi connectivity index (χ3v) is 6.78. The lowest BCUT2D eigenvalue weighted by Crippen LogP contribution is -2.12. The molecule has 0 aliphatic carbocycles. The first-order valence-electron chi connectivity index (χ1n) is 13.9. The largest absolute Gasteiger partial charge is 0.491 e. The summed E-state index contributed by atoms with van der Waals surface area (Å²) in [5.74, 6) is -0.323. The molecule has 0 unspecified atom stereocenters. The van der Waals surface area contributed by atoms with Crippen molar-refractivity contribution in [1.29, 1.82) is 0 Å². The maximum absolute atomic E-state index is 12.1. The highest BCUT2D eigenvalue weighted by atomic mass is 16.5. The predicted octanol–water partition coefficient (Wildman–Crippen LogP) is 6.87. The molecule has 0 fully saturated rings. The van der Waals surface area contributed by atoms with E-state index in [4.69, 9.17) is 14.2 Å². The molecule has 0 radical (unpaired) electrons. The second-order valence-corrected chi connectivity index (χ2v) is 10.2. The summed E-state index contributed by atoms with van der Waals surface area (Å²) in [6.07, 6.45) is 0.850. The van der Waals surface area contributed by atoms with E-state index in [-0.39, 0.29) is 26.4 Å². The fraction of sp³-hybridized carbons (Fsp3) is 0.222. The van der Waals surface area contributed by atoms with Crippen molar-refractivity contribution in [1.82, 2.24) is 0 Å². The monoisotopic (exact) mass is 564 g/mol. The Balaban J connectivity index is 1.76. The van der Waals surface area contributed by atoms with Gasteiger partial charge < -0.3 is 19.3 Å². The van der Waals surface area contributed by atoms with E-state index in [0.717, 1.165) is 44.2 Å². The van der Waals surface area contributed by atoms with E-state index in [9.17, 15) is 14.7 Å². The van der Waals surface area contributed by atoms with E-state index in [1.165, 1.54) is 0 Å². The van der Waals surface area contributed by atoms with Gasteiger partial charge in [-0.3, -0.25) is 0 Å². The number of esters is 2. The van der Waals surface area contributed by atoms with Gasteiger partial charge in [0.05, 0.1) is 19.8 Å². The number of ether oxygens (including phenoxy) is 3. The van der Waals surface area contributed by atoms with Crippen LogP contribution in [-0.2, 0) is 31.9 Å². The molecule has 6 nitrogen and oxygen atoms in total. The van der Waals surface area contributed by atoms with Crippen LogP contribution in [0.5, 0.6) is 5.75 Å². The Morgan fingerprint density at radius 3 is 1.71 bits per heavy atom. The van der Waals surface area contributed by atoms with E-state index >= 15 is 0 Å². The summed E-state index contributed by atoms with van der Waals surface area (Å²) >= 11 is 0. The van der Waals surface area contributed by atoms with Crippen LogP contribution < -0.4 is 4.74 Å².